The lowest BCUT2D eigenvalue weighted by atomic mass is 10.1. The van der Waals surface area contributed by atoms with Crippen LogP contribution in [0.3, 0.4) is 0 Å². The lowest BCUT2D eigenvalue weighted by molar-refractivity contribution is -0.137. The SMILES string of the molecule is Cc1cccc(C(F)(F)F)c1N1CC(CN=[N+]=[N-])CC1=O. The Hall–Kier alpha value is -2.21. The number of hydrogen-bond donors (Lipinski definition) is 0. The molecule has 2 rings (SSSR count). The lowest BCUT2D eigenvalue weighted by Crippen LogP contribution is -2.28. The van der Waals surface area contributed by atoms with Gasteiger partial charge in [-0.05, 0) is 30.0 Å². The van der Waals surface area contributed by atoms with E-state index in [0.717, 1.165) is 11.0 Å². The summed E-state index contributed by atoms with van der Waals surface area (Å²) in [6.45, 7) is 1.77. The zero-order valence-electron chi connectivity index (χ0n) is 11.3. The average Bonchev–Trinajstić information content (AvgIpc) is 2.76. The minimum Gasteiger partial charge on any atom is -0.311 e. The molecule has 1 heterocycles. The highest BCUT2D eigenvalue weighted by molar-refractivity contribution is 5.97. The van der Waals surface area contributed by atoms with Gasteiger partial charge in [-0.1, -0.05) is 17.2 Å². The Labute approximate surface area is 119 Å². The average molecular weight is 298 g/mol. The summed E-state index contributed by atoms with van der Waals surface area (Å²) in [5, 5.41) is 3.39. The van der Waals surface area contributed by atoms with Crippen LogP contribution in [0.15, 0.2) is 23.3 Å². The first-order valence-electron chi connectivity index (χ1n) is 6.32. The summed E-state index contributed by atoms with van der Waals surface area (Å²) in [4.78, 5) is 15.8. The molecule has 1 atom stereocenters. The van der Waals surface area contributed by atoms with Gasteiger partial charge in [0.2, 0.25) is 5.91 Å². The molecule has 1 saturated heterocycles. The van der Waals surface area contributed by atoms with Crippen molar-refractivity contribution >= 4 is 11.6 Å². The second-order valence-electron chi connectivity index (χ2n) is 4.96. The van der Waals surface area contributed by atoms with Gasteiger partial charge in [-0.3, -0.25) is 4.79 Å². The fourth-order valence-corrected chi connectivity index (χ4v) is 2.52. The molecule has 0 N–H and O–H groups in total. The first-order valence-corrected chi connectivity index (χ1v) is 6.32. The van der Waals surface area contributed by atoms with Gasteiger partial charge in [0, 0.05) is 24.4 Å². The van der Waals surface area contributed by atoms with Crippen LogP contribution in [0.2, 0.25) is 0 Å². The normalized spacial score (nSPS) is 18.8. The van der Waals surface area contributed by atoms with Gasteiger partial charge in [-0.25, -0.2) is 0 Å². The van der Waals surface area contributed by atoms with Crippen molar-refractivity contribution in [2.45, 2.75) is 19.5 Å². The van der Waals surface area contributed by atoms with Crippen molar-refractivity contribution in [1.29, 1.82) is 0 Å². The van der Waals surface area contributed by atoms with Crippen LogP contribution in [-0.2, 0) is 11.0 Å². The Morgan fingerprint density at radius 1 is 1.48 bits per heavy atom. The Bertz CT molecular complexity index is 608. The van der Waals surface area contributed by atoms with Crippen LogP contribution in [0, 0.1) is 12.8 Å². The van der Waals surface area contributed by atoms with Gasteiger partial charge >= 0.3 is 6.18 Å². The lowest BCUT2D eigenvalue weighted by Gasteiger charge is -2.23. The van der Waals surface area contributed by atoms with E-state index in [2.05, 4.69) is 10.0 Å². The first kappa shape index (κ1) is 15.2. The van der Waals surface area contributed by atoms with Crippen LogP contribution < -0.4 is 4.90 Å². The van der Waals surface area contributed by atoms with Gasteiger partial charge in [-0.15, -0.1) is 0 Å². The van der Waals surface area contributed by atoms with E-state index in [1.165, 1.54) is 6.07 Å². The van der Waals surface area contributed by atoms with Crippen molar-refractivity contribution in [2.75, 3.05) is 18.0 Å². The quantitative estimate of drug-likeness (QED) is 0.477. The molecule has 1 aromatic rings. The summed E-state index contributed by atoms with van der Waals surface area (Å²) in [6.07, 6.45) is -4.44. The van der Waals surface area contributed by atoms with E-state index >= 15 is 0 Å². The third-order valence-corrected chi connectivity index (χ3v) is 3.42. The van der Waals surface area contributed by atoms with Crippen molar-refractivity contribution in [2.24, 2.45) is 11.0 Å². The molecule has 0 aliphatic carbocycles. The summed E-state index contributed by atoms with van der Waals surface area (Å²) >= 11 is 0. The number of anilines is 1. The molecule has 21 heavy (non-hydrogen) atoms. The number of carbonyl (C=O) groups excluding carboxylic acids is 1. The number of hydrogen-bond acceptors (Lipinski definition) is 2. The van der Waals surface area contributed by atoms with Crippen molar-refractivity contribution < 1.29 is 18.0 Å². The highest BCUT2D eigenvalue weighted by atomic mass is 19.4. The topological polar surface area (TPSA) is 69.1 Å². The molecular formula is C13H13F3N4O. The number of amides is 1. The largest absolute Gasteiger partial charge is 0.418 e. The molecule has 0 spiro atoms. The van der Waals surface area contributed by atoms with Gasteiger partial charge in [0.25, 0.3) is 0 Å². The van der Waals surface area contributed by atoms with Crippen molar-refractivity contribution in [1.82, 2.24) is 0 Å². The zero-order chi connectivity index (χ0) is 15.6. The Kier molecular flexibility index (Phi) is 4.09. The summed E-state index contributed by atoms with van der Waals surface area (Å²) in [5.41, 5.74) is 7.75. The second-order valence-corrected chi connectivity index (χ2v) is 4.96. The Morgan fingerprint density at radius 3 is 2.81 bits per heavy atom. The Balaban J connectivity index is 2.38. The fourth-order valence-electron chi connectivity index (χ4n) is 2.52. The first-order chi connectivity index (χ1) is 9.84. The van der Waals surface area contributed by atoms with E-state index in [1.54, 1.807) is 13.0 Å². The molecule has 0 radical (unpaired) electrons. The maximum absolute atomic E-state index is 13.1. The van der Waals surface area contributed by atoms with Crippen LogP contribution in [0.25, 0.3) is 10.4 Å². The molecule has 1 fully saturated rings. The number of halogens is 3. The molecule has 112 valence electrons. The maximum Gasteiger partial charge on any atom is 0.418 e. The molecule has 1 aliphatic heterocycles. The number of alkyl halides is 3. The summed E-state index contributed by atoms with van der Waals surface area (Å²) in [6, 6.07) is 3.83. The van der Waals surface area contributed by atoms with E-state index in [0.29, 0.717) is 5.56 Å². The zero-order valence-corrected chi connectivity index (χ0v) is 11.3. The summed E-state index contributed by atoms with van der Waals surface area (Å²) in [7, 11) is 0. The molecule has 1 unspecified atom stereocenters. The number of carbonyl (C=O) groups is 1. The van der Waals surface area contributed by atoms with E-state index in [9.17, 15) is 18.0 Å². The second kappa shape index (κ2) is 5.65. The molecule has 8 heteroatoms. The number of para-hydroxylation sites is 1. The van der Waals surface area contributed by atoms with Crippen molar-refractivity contribution in [3.63, 3.8) is 0 Å². The van der Waals surface area contributed by atoms with Crippen molar-refractivity contribution in [3.8, 4) is 0 Å². The van der Waals surface area contributed by atoms with Gasteiger partial charge in [0.1, 0.15) is 0 Å². The Morgan fingerprint density at radius 2 is 2.19 bits per heavy atom. The minimum atomic E-state index is -4.52. The van der Waals surface area contributed by atoms with Crippen LogP contribution in [0.5, 0.6) is 0 Å². The number of nitrogens with zero attached hydrogens (tertiary/aromatic N) is 4. The minimum absolute atomic E-state index is 0.0879. The standard InChI is InChI=1S/C13H13F3N4O/c1-8-3-2-4-10(13(14,15)16)12(8)20-7-9(5-11(20)21)6-18-19-17/h2-4,9H,5-7H2,1H3. The van der Waals surface area contributed by atoms with Crippen LogP contribution >= 0.6 is 0 Å². The van der Waals surface area contributed by atoms with E-state index in [4.69, 9.17) is 5.53 Å². The predicted octanol–water partition coefficient (Wildman–Crippen LogP) is 3.68. The molecular weight excluding hydrogens is 285 g/mol. The molecule has 0 aromatic heterocycles. The van der Waals surface area contributed by atoms with Crippen LogP contribution in [-0.4, -0.2) is 19.0 Å². The molecule has 0 bridgehead atoms. The number of rotatable bonds is 3. The summed E-state index contributed by atoms with van der Waals surface area (Å²) in [5.74, 6) is -0.637. The van der Waals surface area contributed by atoms with E-state index in [-0.39, 0.29) is 37.0 Å². The molecule has 1 amide bonds. The summed E-state index contributed by atoms with van der Waals surface area (Å²) < 4.78 is 39.3. The smallest absolute Gasteiger partial charge is 0.311 e. The number of benzene rings is 1. The monoisotopic (exact) mass is 298 g/mol. The third-order valence-electron chi connectivity index (χ3n) is 3.42. The molecule has 1 aliphatic rings. The van der Waals surface area contributed by atoms with Gasteiger partial charge in [0.05, 0.1) is 11.3 Å². The van der Waals surface area contributed by atoms with Crippen molar-refractivity contribution in [3.05, 3.63) is 39.8 Å². The van der Waals surface area contributed by atoms with Crippen LogP contribution in [0.4, 0.5) is 18.9 Å². The van der Waals surface area contributed by atoms with Gasteiger partial charge in [0.15, 0.2) is 0 Å². The molecule has 1 aromatic carbocycles. The molecule has 0 saturated carbocycles. The maximum atomic E-state index is 13.1. The predicted molar refractivity (Wildman–Crippen MR) is 70.7 cm³/mol. The third kappa shape index (κ3) is 3.11. The van der Waals surface area contributed by atoms with E-state index in [1.807, 2.05) is 0 Å². The number of azide groups is 1. The number of aryl methyl sites for hydroxylation is 1. The molecule has 5 nitrogen and oxygen atoms in total. The fraction of sp³-hybridized carbons (Fsp3) is 0.462. The van der Waals surface area contributed by atoms with E-state index < -0.39 is 11.7 Å². The highest BCUT2D eigenvalue weighted by Crippen LogP contribution is 2.40. The highest BCUT2D eigenvalue weighted by Gasteiger charge is 2.39. The van der Waals surface area contributed by atoms with Gasteiger partial charge < -0.3 is 4.90 Å². The van der Waals surface area contributed by atoms with Gasteiger partial charge in [-0.2, -0.15) is 13.2 Å². The van der Waals surface area contributed by atoms with Crippen LogP contribution in [0.1, 0.15) is 17.5 Å².